The number of amides is 1. The summed E-state index contributed by atoms with van der Waals surface area (Å²) in [5.74, 6) is -2.48. The Balaban J connectivity index is 1.47. The summed E-state index contributed by atoms with van der Waals surface area (Å²) in [5, 5.41) is 7.16. The van der Waals surface area contributed by atoms with Gasteiger partial charge in [0, 0.05) is 49.3 Å². The van der Waals surface area contributed by atoms with Crippen LogP contribution in [0.1, 0.15) is 64.5 Å². The summed E-state index contributed by atoms with van der Waals surface area (Å²) in [4.78, 5) is 14.1. The zero-order valence-electron chi connectivity index (χ0n) is 16.4. The Labute approximate surface area is 159 Å². The number of likely N-dealkylation sites (tertiary alicyclic amines) is 1. The molecule has 6 nitrogen and oxygen atoms in total. The summed E-state index contributed by atoms with van der Waals surface area (Å²) < 4.78 is 33.9. The number of ether oxygens (including phenoxy) is 1. The number of alkyl carbamates (subject to hydrolysis) is 1. The van der Waals surface area contributed by atoms with Crippen LogP contribution in [0.2, 0.25) is 0 Å². The molecule has 0 radical (unpaired) electrons. The van der Waals surface area contributed by atoms with Crippen LogP contribution in [0.25, 0.3) is 0 Å². The Morgan fingerprint density at radius 3 is 2.67 bits per heavy atom. The number of hydrogen-bond acceptors (Lipinski definition) is 4. The number of hydrogen-bond donors (Lipinski definition) is 1. The van der Waals surface area contributed by atoms with Gasteiger partial charge in [-0.15, -0.1) is 0 Å². The van der Waals surface area contributed by atoms with E-state index in [0.717, 1.165) is 25.1 Å². The van der Waals surface area contributed by atoms with Crippen LogP contribution in [-0.2, 0) is 11.3 Å². The lowest BCUT2D eigenvalue weighted by Gasteiger charge is -2.34. The number of halogens is 2. The fourth-order valence-electron chi connectivity index (χ4n) is 3.85. The van der Waals surface area contributed by atoms with Crippen LogP contribution < -0.4 is 5.32 Å². The van der Waals surface area contributed by atoms with Crippen molar-refractivity contribution in [1.82, 2.24) is 20.0 Å². The first-order valence-corrected chi connectivity index (χ1v) is 9.71. The smallest absolute Gasteiger partial charge is 0.407 e. The van der Waals surface area contributed by atoms with Crippen molar-refractivity contribution in [3.8, 4) is 0 Å². The third-order valence-electron chi connectivity index (χ3n) is 5.27. The Bertz CT molecular complexity index is 646. The molecule has 1 N–H and O–H groups in total. The van der Waals surface area contributed by atoms with E-state index in [2.05, 4.69) is 15.3 Å². The topological polar surface area (TPSA) is 59.4 Å². The van der Waals surface area contributed by atoms with Gasteiger partial charge in [0.05, 0.1) is 12.2 Å². The maximum atomic E-state index is 13.4. The summed E-state index contributed by atoms with van der Waals surface area (Å²) in [6.07, 6.45) is 5.27. The van der Waals surface area contributed by atoms with Gasteiger partial charge in [-0.3, -0.25) is 9.58 Å². The van der Waals surface area contributed by atoms with Crippen LogP contribution in [0.15, 0.2) is 12.4 Å². The lowest BCUT2D eigenvalue weighted by molar-refractivity contribution is -0.0518. The molecule has 1 aliphatic carbocycles. The molecule has 0 unspecified atom stereocenters. The van der Waals surface area contributed by atoms with E-state index in [1.807, 2.05) is 31.6 Å². The maximum Gasteiger partial charge on any atom is 0.407 e. The molecule has 1 amide bonds. The minimum Gasteiger partial charge on any atom is -0.445 e. The van der Waals surface area contributed by atoms with Crippen molar-refractivity contribution >= 4 is 6.09 Å². The molecule has 0 aromatic carbocycles. The number of aromatic nitrogens is 2. The highest BCUT2D eigenvalue weighted by Gasteiger charge is 2.39. The van der Waals surface area contributed by atoms with E-state index in [1.165, 1.54) is 0 Å². The fourth-order valence-corrected chi connectivity index (χ4v) is 3.85. The first-order valence-electron chi connectivity index (χ1n) is 9.71. The molecule has 1 saturated heterocycles. The molecule has 8 heteroatoms. The van der Waals surface area contributed by atoms with Crippen molar-refractivity contribution in [2.45, 2.75) is 83.0 Å². The van der Waals surface area contributed by atoms with Crippen molar-refractivity contribution in [3.05, 3.63) is 18.0 Å². The summed E-state index contributed by atoms with van der Waals surface area (Å²) in [6.45, 7) is 7.61. The van der Waals surface area contributed by atoms with Crippen molar-refractivity contribution in [2.75, 3.05) is 13.1 Å². The molecule has 0 spiro atoms. The van der Waals surface area contributed by atoms with E-state index in [9.17, 15) is 13.6 Å². The quantitative estimate of drug-likeness (QED) is 0.859. The van der Waals surface area contributed by atoms with E-state index >= 15 is 0 Å². The second-order valence-electron chi connectivity index (χ2n) is 8.80. The lowest BCUT2D eigenvalue weighted by atomic mass is 9.91. The van der Waals surface area contributed by atoms with Crippen LogP contribution in [-0.4, -0.2) is 51.4 Å². The minimum absolute atomic E-state index is 0.00127. The van der Waals surface area contributed by atoms with Crippen LogP contribution in [0.3, 0.4) is 0 Å². The SMILES string of the molecule is CC(C)(C)NC(=O)OCc1cnn([C@@H]2CCN(C3CCC(F)(F)CC3)C2)c1. The second kappa shape index (κ2) is 7.73. The highest BCUT2D eigenvalue weighted by molar-refractivity contribution is 5.68. The molecule has 2 heterocycles. The predicted molar refractivity (Wildman–Crippen MR) is 97.7 cm³/mol. The fraction of sp³-hybridized carbons (Fsp3) is 0.789. The molecule has 3 rings (SSSR count). The van der Waals surface area contributed by atoms with Gasteiger partial charge < -0.3 is 10.1 Å². The average Bonchev–Trinajstić information content (AvgIpc) is 3.20. The summed E-state index contributed by atoms with van der Waals surface area (Å²) in [5.41, 5.74) is 0.507. The van der Waals surface area contributed by atoms with Crippen molar-refractivity contribution in [2.24, 2.45) is 0 Å². The van der Waals surface area contributed by atoms with Gasteiger partial charge in [0.2, 0.25) is 5.92 Å². The van der Waals surface area contributed by atoms with Gasteiger partial charge in [0.25, 0.3) is 0 Å². The molecular formula is C19H30F2N4O2. The summed E-state index contributed by atoms with van der Waals surface area (Å²) in [6, 6.07) is 0.499. The van der Waals surface area contributed by atoms with Crippen LogP contribution in [0.4, 0.5) is 13.6 Å². The van der Waals surface area contributed by atoms with Gasteiger partial charge in [-0.1, -0.05) is 0 Å². The third kappa shape index (κ3) is 5.64. The van der Waals surface area contributed by atoms with Gasteiger partial charge in [0.15, 0.2) is 0 Å². The van der Waals surface area contributed by atoms with Crippen LogP contribution >= 0.6 is 0 Å². The van der Waals surface area contributed by atoms with Crippen molar-refractivity contribution in [3.63, 3.8) is 0 Å². The number of nitrogens with zero attached hydrogens (tertiary/aromatic N) is 3. The Morgan fingerprint density at radius 1 is 1.30 bits per heavy atom. The number of carbonyl (C=O) groups excluding carboxylic acids is 1. The van der Waals surface area contributed by atoms with Gasteiger partial charge >= 0.3 is 6.09 Å². The molecule has 1 aromatic heterocycles. The standard InChI is InChI=1S/C19H30F2N4O2/c1-18(2,3)23-17(26)27-13-14-10-22-25(11-14)16-6-9-24(12-16)15-4-7-19(20,21)8-5-15/h10-11,15-16H,4-9,12-13H2,1-3H3,(H,23,26)/t16-/m1/s1. The molecule has 1 saturated carbocycles. The third-order valence-corrected chi connectivity index (χ3v) is 5.27. The number of alkyl halides is 2. The Kier molecular flexibility index (Phi) is 5.74. The first kappa shape index (κ1) is 20.0. The zero-order chi connectivity index (χ0) is 19.7. The average molecular weight is 384 g/mol. The van der Waals surface area contributed by atoms with Crippen LogP contribution in [0, 0.1) is 0 Å². The molecular weight excluding hydrogens is 354 g/mol. The molecule has 2 aliphatic rings. The van der Waals surface area contributed by atoms with E-state index in [4.69, 9.17) is 4.74 Å². The summed E-state index contributed by atoms with van der Waals surface area (Å²) in [7, 11) is 0. The second-order valence-corrected chi connectivity index (χ2v) is 8.80. The Hall–Kier alpha value is -1.70. The molecule has 0 bridgehead atoms. The number of nitrogens with one attached hydrogen (secondary N) is 1. The van der Waals surface area contributed by atoms with Gasteiger partial charge in [-0.25, -0.2) is 13.6 Å². The van der Waals surface area contributed by atoms with E-state index in [-0.39, 0.29) is 37.1 Å². The van der Waals surface area contributed by atoms with Gasteiger partial charge in [0.1, 0.15) is 6.61 Å². The molecule has 152 valence electrons. The number of rotatable bonds is 4. The normalized spacial score (nSPS) is 24.1. The molecule has 1 aromatic rings. The predicted octanol–water partition coefficient (Wildman–Crippen LogP) is 3.73. The highest BCUT2D eigenvalue weighted by Crippen LogP contribution is 2.37. The van der Waals surface area contributed by atoms with E-state index < -0.39 is 12.0 Å². The minimum atomic E-state index is -2.48. The van der Waals surface area contributed by atoms with Gasteiger partial charge in [-0.05, 0) is 40.0 Å². The maximum absolute atomic E-state index is 13.4. The largest absolute Gasteiger partial charge is 0.445 e. The summed E-state index contributed by atoms with van der Waals surface area (Å²) >= 11 is 0. The van der Waals surface area contributed by atoms with E-state index in [1.54, 1.807) is 6.20 Å². The monoisotopic (exact) mass is 384 g/mol. The number of carbonyl (C=O) groups is 1. The lowest BCUT2D eigenvalue weighted by Crippen LogP contribution is -2.40. The van der Waals surface area contributed by atoms with Crippen molar-refractivity contribution < 1.29 is 18.3 Å². The molecule has 27 heavy (non-hydrogen) atoms. The zero-order valence-corrected chi connectivity index (χ0v) is 16.4. The van der Waals surface area contributed by atoms with E-state index in [0.29, 0.717) is 12.8 Å². The van der Waals surface area contributed by atoms with Crippen LogP contribution in [0.5, 0.6) is 0 Å². The first-order chi connectivity index (χ1) is 12.6. The van der Waals surface area contributed by atoms with Gasteiger partial charge in [-0.2, -0.15) is 5.10 Å². The van der Waals surface area contributed by atoms with Crippen molar-refractivity contribution in [1.29, 1.82) is 0 Å². The molecule has 1 aliphatic heterocycles. The Morgan fingerprint density at radius 2 is 2.00 bits per heavy atom. The molecule has 2 fully saturated rings. The highest BCUT2D eigenvalue weighted by atomic mass is 19.3. The molecule has 1 atom stereocenters.